The van der Waals surface area contributed by atoms with Crippen LogP contribution in [0.5, 0.6) is 0 Å². The minimum Gasteiger partial charge on any atom is -0.305 e. The number of carbonyl (C=O) groups excluding carboxylic acids is 1. The Morgan fingerprint density at radius 1 is 1.32 bits per heavy atom. The van der Waals surface area contributed by atoms with E-state index in [0.29, 0.717) is 10.1 Å². The Hall–Kier alpha value is -0.960. The fraction of sp³-hybridized carbons (Fsp3) is 0.786. The van der Waals surface area contributed by atoms with Crippen LogP contribution in [0.4, 0.5) is 0 Å². The summed E-state index contributed by atoms with van der Waals surface area (Å²) in [5.41, 5.74) is 0.391. The van der Waals surface area contributed by atoms with Gasteiger partial charge in [0.25, 0.3) is 5.91 Å². The lowest BCUT2D eigenvalue weighted by Gasteiger charge is -2.43. The predicted octanol–water partition coefficient (Wildman–Crippen LogP) is 1.48. The molecule has 0 aromatic rings. The number of hydrogen-bond acceptors (Lipinski definition) is 4. The van der Waals surface area contributed by atoms with Crippen molar-refractivity contribution in [2.45, 2.75) is 46.7 Å². The summed E-state index contributed by atoms with van der Waals surface area (Å²) in [6, 6.07) is 0. The Balaban J connectivity index is 5.19. The Morgan fingerprint density at radius 3 is 2.23 bits per heavy atom. The van der Waals surface area contributed by atoms with Crippen LogP contribution in [0.25, 0.3) is 0 Å². The SMILES string of the molecule is C=C(C)C(=O)NC(CCOS(=O)(=O)O)[N+](CC)(CC)CCC. The standard InChI is InChI=1S/C14H28N2O5S/c1-6-10-16(7-2,8-3)13(15-14(17)12(4)5)9-11-21-22(18,19)20/h13H,4,6-11H2,1-3,5H3,(H-,15,17,18,19,20)/p+1. The first-order valence-electron chi connectivity index (χ1n) is 7.55. The highest BCUT2D eigenvalue weighted by Gasteiger charge is 2.34. The second-order valence-electron chi connectivity index (χ2n) is 5.38. The molecule has 22 heavy (non-hydrogen) atoms. The van der Waals surface area contributed by atoms with E-state index in [0.717, 1.165) is 26.1 Å². The molecular weight excluding hydrogens is 308 g/mol. The van der Waals surface area contributed by atoms with Crippen molar-refractivity contribution in [3.63, 3.8) is 0 Å². The van der Waals surface area contributed by atoms with Gasteiger partial charge in [-0.2, -0.15) is 8.42 Å². The van der Waals surface area contributed by atoms with E-state index in [-0.39, 0.29) is 25.1 Å². The van der Waals surface area contributed by atoms with Gasteiger partial charge in [-0.25, -0.2) is 4.18 Å². The Labute approximate surface area is 133 Å². The highest BCUT2D eigenvalue weighted by molar-refractivity contribution is 7.80. The Morgan fingerprint density at radius 2 is 1.86 bits per heavy atom. The molecule has 0 rings (SSSR count). The normalized spacial score (nSPS) is 13.7. The molecule has 0 aliphatic rings. The maximum atomic E-state index is 12.0. The lowest BCUT2D eigenvalue weighted by molar-refractivity contribution is -0.950. The summed E-state index contributed by atoms with van der Waals surface area (Å²) in [6.07, 6.45) is 0.904. The van der Waals surface area contributed by atoms with E-state index in [1.54, 1.807) is 6.92 Å². The molecule has 0 radical (unpaired) electrons. The molecule has 0 bridgehead atoms. The second-order valence-corrected chi connectivity index (χ2v) is 6.47. The Bertz CT molecular complexity index is 472. The highest BCUT2D eigenvalue weighted by atomic mass is 32.3. The first-order valence-corrected chi connectivity index (χ1v) is 8.92. The largest absolute Gasteiger partial charge is 0.397 e. The van der Waals surface area contributed by atoms with Crippen LogP contribution < -0.4 is 5.32 Å². The summed E-state index contributed by atoms with van der Waals surface area (Å²) in [4.78, 5) is 12.0. The zero-order valence-corrected chi connectivity index (χ0v) is 14.8. The van der Waals surface area contributed by atoms with E-state index < -0.39 is 10.4 Å². The number of nitrogens with one attached hydrogen (secondary N) is 1. The van der Waals surface area contributed by atoms with Gasteiger partial charge in [0.2, 0.25) is 0 Å². The summed E-state index contributed by atoms with van der Waals surface area (Å²) in [6.45, 7) is 13.6. The van der Waals surface area contributed by atoms with Crippen molar-refractivity contribution in [3.8, 4) is 0 Å². The van der Waals surface area contributed by atoms with Gasteiger partial charge in [0.1, 0.15) is 0 Å². The van der Waals surface area contributed by atoms with Crippen LogP contribution in [0.3, 0.4) is 0 Å². The van der Waals surface area contributed by atoms with Crippen LogP contribution in [0.2, 0.25) is 0 Å². The fourth-order valence-electron chi connectivity index (χ4n) is 2.60. The molecule has 0 aliphatic carbocycles. The van der Waals surface area contributed by atoms with Gasteiger partial charge in [0.05, 0.1) is 26.2 Å². The second kappa shape index (κ2) is 9.24. The van der Waals surface area contributed by atoms with Crippen LogP contribution in [-0.2, 0) is 19.4 Å². The number of amides is 1. The molecule has 130 valence electrons. The average molecular weight is 337 g/mol. The smallest absolute Gasteiger partial charge is 0.305 e. The first-order chi connectivity index (χ1) is 10.1. The van der Waals surface area contributed by atoms with Gasteiger partial charge in [-0.05, 0) is 27.2 Å². The van der Waals surface area contributed by atoms with Crippen LogP contribution in [-0.4, -0.2) is 55.8 Å². The number of carbonyl (C=O) groups is 1. The molecule has 0 aliphatic heterocycles. The average Bonchev–Trinajstić information content (AvgIpc) is 2.42. The quantitative estimate of drug-likeness (QED) is 0.258. The van der Waals surface area contributed by atoms with E-state index in [1.165, 1.54) is 0 Å². The lowest BCUT2D eigenvalue weighted by Crippen LogP contribution is -2.62. The van der Waals surface area contributed by atoms with Crippen molar-refractivity contribution in [2.24, 2.45) is 0 Å². The van der Waals surface area contributed by atoms with Gasteiger partial charge in [-0.3, -0.25) is 9.35 Å². The van der Waals surface area contributed by atoms with Crippen LogP contribution in [0, 0.1) is 0 Å². The lowest BCUT2D eigenvalue weighted by atomic mass is 10.2. The van der Waals surface area contributed by atoms with Crippen molar-refractivity contribution in [2.75, 3.05) is 26.2 Å². The minimum atomic E-state index is -4.47. The zero-order valence-electron chi connectivity index (χ0n) is 14.0. The van der Waals surface area contributed by atoms with Crippen molar-refractivity contribution >= 4 is 16.3 Å². The summed E-state index contributed by atoms with van der Waals surface area (Å²) < 4.78 is 35.1. The first kappa shape index (κ1) is 21.0. The molecule has 7 nitrogen and oxygen atoms in total. The summed E-state index contributed by atoms with van der Waals surface area (Å²) >= 11 is 0. The van der Waals surface area contributed by atoms with Crippen molar-refractivity contribution in [1.82, 2.24) is 5.32 Å². The van der Waals surface area contributed by atoms with E-state index in [1.807, 2.05) is 13.8 Å². The zero-order chi connectivity index (χ0) is 17.4. The predicted molar refractivity (Wildman–Crippen MR) is 85.4 cm³/mol. The summed E-state index contributed by atoms with van der Waals surface area (Å²) in [5.74, 6) is -0.266. The highest BCUT2D eigenvalue weighted by Crippen LogP contribution is 2.17. The molecule has 1 unspecified atom stereocenters. The summed E-state index contributed by atoms with van der Waals surface area (Å²) in [7, 11) is -4.47. The van der Waals surface area contributed by atoms with Gasteiger partial charge in [-0.1, -0.05) is 13.5 Å². The number of quaternary nitrogens is 1. The third-order valence-electron chi connectivity index (χ3n) is 3.90. The molecule has 1 atom stereocenters. The van der Waals surface area contributed by atoms with Crippen LogP contribution in [0.15, 0.2) is 12.2 Å². The van der Waals surface area contributed by atoms with Gasteiger partial charge in [0.15, 0.2) is 6.17 Å². The van der Waals surface area contributed by atoms with Gasteiger partial charge in [-0.15, -0.1) is 0 Å². The van der Waals surface area contributed by atoms with E-state index >= 15 is 0 Å². The molecule has 0 aromatic heterocycles. The van der Waals surface area contributed by atoms with E-state index in [9.17, 15) is 13.2 Å². The molecule has 0 heterocycles. The molecule has 0 aromatic carbocycles. The summed E-state index contributed by atoms with van der Waals surface area (Å²) in [5, 5.41) is 2.91. The van der Waals surface area contributed by atoms with Crippen molar-refractivity contribution < 1.29 is 26.4 Å². The van der Waals surface area contributed by atoms with Crippen LogP contribution >= 0.6 is 0 Å². The topological polar surface area (TPSA) is 92.7 Å². The van der Waals surface area contributed by atoms with Crippen molar-refractivity contribution in [1.29, 1.82) is 0 Å². The molecule has 0 saturated carbocycles. The fourth-order valence-corrected chi connectivity index (χ4v) is 2.91. The molecule has 8 heteroatoms. The number of hydrogen-bond donors (Lipinski definition) is 2. The third-order valence-corrected chi connectivity index (χ3v) is 4.36. The van der Waals surface area contributed by atoms with Crippen LogP contribution in [0.1, 0.15) is 40.5 Å². The number of nitrogens with zero attached hydrogens (tertiary/aromatic N) is 1. The monoisotopic (exact) mass is 337 g/mol. The third kappa shape index (κ3) is 6.87. The molecule has 1 amide bonds. The van der Waals surface area contributed by atoms with E-state index in [2.05, 4.69) is 23.0 Å². The minimum absolute atomic E-state index is 0.191. The van der Waals surface area contributed by atoms with E-state index in [4.69, 9.17) is 4.55 Å². The maximum absolute atomic E-state index is 12.0. The molecule has 0 fully saturated rings. The maximum Gasteiger partial charge on any atom is 0.397 e. The molecule has 0 saturated heterocycles. The molecule has 2 N–H and O–H groups in total. The van der Waals surface area contributed by atoms with Gasteiger partial charge >= 0.3 is 10.4 Å². The molecular formula is C14H29N2O5S+. The van der Waals surface area contributed by atoms with Gasteiger partial charge in [0, 0.05) is 12.0 Å². The van der Waals surface area contributed by atoms with Crippen molar-refractivity contribution in [3.05, 3.63) is 12.2 Å². The number of rotatable bonds is 11. The van der Waals surface area contributed by atoms with Gasteiger partial charge < -0.3 is 9.80 Å². The Kier molecular flexibility index (Phi) is 8.84. The molecule has 0 spiro atoms.